The first kappa shape index (κ1) is 24.6. The normalized spacial score (nSPS) is 21.9. The molecule has 8 nitrogen and oxygen atoms in total. The van der Waals surface area contributed by atoms with E-state index in [2.05, 4.69) is 5.32 Å². The van der Waals surface area contributed by atoms with Gasteiger partial charge in [0.05, 0.1) is 0 Å². The highest BCUT2D eigenvalue weighted by Crippen LogP contribution is 2.38. The highest BCUT2D eigenvalue weighted by atomic mass is 19.1. The Hall–Kier alpha value is -3.49. The average Bonchev–Trinajstić information content (AvgIpc) is 3.24. The third-order valence-corrected chi connectivity index (χ3v) is 7.28. The van der Waals surface area contributed by atoms with Gasteiger partial charge in [0.25, 0.3) is 5.91 Å². The van der Waals surface area contributed by atoms with Gasteiger partial charge in [-0.3, -0.25) is 19.3 Å². The van der Waals surface area contributed by atoms with Crippen molar-refractivity contribution in [1.29, 1.82) is 0 Å². The molecule has 1 aromatic heterocycles. The Morgan fingerprint density at radius 2 is 1.89 bits per heavy atom. The second kappa shape index (κ2) is 9.64. The summed E-state index contributed by atoms with van der Waals surface area (Å²) in [7, 11) is 0. The number of ether oxygens (including phenoxy) is 1. The standard InChI is InChI=1S/C26H30FN3O5/c1-16-6-4-5-11-26(16)24(33)30(25(34)28-26)14-23(32)35-15-22(31)21-12-17(2)29(18(21)3)13-19-7-9-20(27)10-8-19/h7-10,12,16H,4-6,11,13-15H2,1-3H3,(H,28,34)/t16-,26+/m1/s1. The van der Waals surface area contributed by atoms with Gasteiger partial charge >= 0.3 is 12.0 Å². The molecule has 1 aliphatic carbocycles. The van der Waals surface area contributed by atoms with E-state index in [0.29, 0.717) is 24.2 Å². The third-order valence-electron chi connectivity index (χ3n) is 7.28. The van der Waals surface area contributed by atoms with Crippen LogP contribution in [0.15, 0.2) is 30.3 Å². The van der Waals surface area contributed by atoms with Gasteiger partial charge < -0.3 is 14.6 Å². The Balaban J connectivity index is 1.36. The number of nitrogens with zero attached hydrogens (tertiary/aromatic N) is 2. The molecule has 1 aromatic carbocycles. The van der Waals surface area contributed by atoms with Crippen molar-refractivity contribution in [3.8, 4) is 0 Å². The van der Waals surface area contributed by atoms with E-state index < -0.39 is 36.6 Å². The number of rotatable bonds is 7. The first-order valence-electron chi connectivity index (χ1n) is 11.9. The molecule has 3 amide bonds. The Morgan fingerprint density at radius 1 is 1.17 bits per heavy atom. The SMILES string of the molecule is Cc1cc(C(=O)COC(=O)CN2C(=O)N[C@]3(CCCC[C@H]3C)C2=O)c(C)n1Cc1ccc(F)cc1. The van der Waals surface area contributed by atoms with Gasteiger partial charge in [-0.2, -0.15) is 0 Å². The number of halogens is 1. The second-order valence-corrected chi connectivity index (χ2v) is 9.52. The van der Waals surface area contributed by atoms with Gasteiger partial charge in [0.2, 0.25) is 5.78 Å². The number of hydrogen-bond donors (Lipinski definition) is 1. The topological polar surface area (TPSA) is 97.7 Å². The maximum Gasteiger partial charge on any atom is 0.326 e. The molecule has 35 heavy (non-hydrogen) atoms. The molecule has 2 atom stereocenters. The van der Waals surface area contributed by atoms with Crippen molar-refractivity contribution in [3.05, 3.63) is 58.7 Å². The molecule has 0 radical (unpaired) electrons. The van der Waals surface area contributed by atoms with E-state index in [-0.39, 0.29) is 17.5 Å². The Labute approximate surface area is 203 Å². The molecule has 186 valence electrons. The van der Waals surface area contributed by atoms with Crippen molar-refractivity contribution >= 4 is 23.7 Å². The second-order valence-electron chi connectivity index (χ2n) is 9.52. The fraction of sp³-hybridized carbons (Fsp3) is 0.462. The summed E-state index contributed by atoms with van der Waals surface area (Å²) in [5.41, 5.74) is 1.90. The maximum absolute atomic E-state index is 13.2. The number of carbonyl (C=O) groups is 4. The van der Waals surface area contributed by atoms with Crippen LogP contribution in [0.2, 0.25) is 0 Å². The summed E-state index contributed by atoms with van der Waals surface area (Å²) in [6.07, 6.45) is 3.22. The molecule has 2 aliphatic rings. The van der Waals surface area contributed by atoms with Gasteiger partial charge in [-0.25, -0.2) is 9.18 Å². The monoisotopic (exact) mass is 483 g/mol. The number of aromatic nitrogens is 1. The average molecular weight is 484 g/mol. The van der Waals surface area contributed by atoms with Crippen LogP contribution in [-0.2, 0) is 20.9 Å². The van der Waals surface area contributed by atoms with Crippen LogP contribution in [0.5, 0.6) is 0 Å². The minimum absolute atomic E-state index is 0.0135. The number of hydrogen-bond acceptors (Lipinski definition) is 5. The number of nitrogens with one attached hydrogen (secondary N) is 1. The van der Waals surface area contributed by atoms with Crippen molar-refractivity contribution in [3.63, 3.8) is 0 Å². The first-order chi connectivity index (χ1) is 16.6. The number of urea groups is 1. The van der Waals surface area contributed by atoms with Crippen LogP contribution in [0.25, 0.3) is 0 Å². The van der Waals surface area contributed by atoms with Crippen molar-refractivity contribution in [1.82, 2.24) is 14.8 Å². The van der Waals surface area contributed by atoms with Crippen molar-refractivity contribution in [2.45, 2.75) is 58.5 Å². The van der Waals surface area contributed by atoms with E-state index in [1.807, 2.05) is 18.4 Å². The van der Waals surface area contributed by atoms with E-state index >= 15 is 0 Å². The fourth-order valence-corrected chi connectivity index (χ4v) is 5.14. The fourth-order valence-electron chi connectivity index (χ4n) is 5.14. The minimum atomic E-state index is -0.951. The number of amides is 3. The van der Waals surface area contributed by atoms with Crippen molar-refractivity contribution in [2.75, 3.05) is 13.2 Å². The van der Waals surface area contributed by atoms with Crippen molar-refractivity contribution < 1.29 is 28.3 Å². The molecule has 2 heterocycles. The molecule has 1 aliphatic heterocycles. The number of Topliss-reactive ketones (excluding diaryl/α,β-unsaturated/α-hetero) is 1. The zero-order valence-corrected chi connectivity index (χ0v) is 20.2. The van der Waals surface area contributed by atoms with Gasteiger partial charge in [0.15, 0.2) is 6.61 Å². The molecule has 9 heteroatoms. The quantitative estimate of drug-likeness (QED) is 0.369. The predicted molar refractivity (Wildman–Crippen MR) is 125 cm³/mol. The molecule has 2 fully saturated rings. The molecule has 4 rings (SSSR count). The van der Waals surface area contributed by atoms with Gasteiger partial charge in [-0.05, 0) is 56.4 Å². The third kappa shape index (κ3) is 4.72. The van der Waals surface area contributed by atoms with Crippen LogP contribution in [0, 0.1) is 25.6 Å². The molecule has 2 aromatic rings. The summed E-state index contributed by atoms with van der Waals surface area (Å²) in [6.45, 7) is 5.03. The van der Waals surface area contributed by atoms with E-state index in [0.717, 1.165) is 35.4 Å². The van der Waals surface area contributed by atoms with Crippen molar-refractivity contribution in [2.24, 2.45) is 5.92 Å². The molecule has 1 N–H and O–H groups in total. The lowest BCUT2D eigenvalue weighted by Gasteiger charge is -2.36. The van der Waals surface area contributed by atoms with Crippen LogP contribution < -0.4 is 5.32 Å². The molecule has 0 bridgehead atoms. The number of benzene rings is 1. The van der Waals surface area contributed by atoms with Gasteiger partial charge in [-0.1, -0.05) is 31.9 Å². The van der Waals surface area contributed by atoms with Gasteiger partial charge in [0.1, 0.15) is 17.9 Å². The summed E-state index contributed by atoms with van der Waals surface area (Å²) in [5, 5.41) is 2.79. The lowest BCUT2D eigenvalue weighted by molar-refractivity contribution is -0.147. The summed E-state index contributed by atoms with van der Waals surface area (Å²) in [5.74, 6) is -1.93. The van der Waals surface area contributed by atoms with Crippen LogP contribution in [0.1, 0.15) is 59.9 Å². The lowest BCUT2D eigenvalue weighted by atomic mass is 9.73. The molecular formula is C26H30FN3O5. The van der Waals surface area contributed by atoms with Gasteiger partial charge in [0, 0.05) is 23.5 Å². The largest absolute Gasteiger partial charge is 0.456 e. The minimum Gasteiger partial charge on any atom is -0.456 e. The highest BCUT2D eigenvalue weighted by Gasteiger charge is 2.55. The predicted octanol–water partition coefficient (Wildman–Crippen LogP) is 3.52. The van der Waals surface area contributed by atoms with E-state index in [4.69, 9.17) is 4.74 Å². The maximum atomic E-state index is 13.2. The molecular weight excluding hydrogens is 453 g/mol. The highest BCUT2D eigenvalue weighted by molar-refractivity contribution is 6.09. The Kier molecular flexibility index (Phi) is 6.78. The van der Waals surface area contributed by atoms with E-state index in [1.54, 1.807) is 25.1 Å². The number of esters is 1. The molecule has 1 saturated heterocycles. The number of imide groups is 1. The Bertz CT molecular complexity index is 1170. The summed E-state index contributed by atoms with van der Waals surface area (Å²) in [4.78, 5) is 51.5. The number of aryl methyl sites for hydroxylation is 1. The summed E-state index contributed by atoms with van der Waals surface area (Å²) >= 11 is 0. The van der Waals surface area contributed by atoms with Crippen LogP contribution in [0.4, 0.5) is 9.18 Å². The first-order valence-corrected chi connectivity index (χ1v) is 11.9. The van der Waals surface area contributed by atoms with E-state index in [1.165, 1.54) is 12.1 Å². The summed E-state index contributed by atoms with van der Waals surface area (Å²) < 4.78 is 20.3. The van der Waals surface area contributed by atoms with E-state index in [9.17, 15) is 23.6 Å². The lowest BCUT2D eigenvalue weighted by Crippen LogP contribution is -2.54. The van der Waals surface area contributed by atoms with Crippen LogP contribution in [0.3, 0.4) is 0 Å². The number of carbonyl (C=O) groups excluding carboxylic acids is 4. The molecule has 0 unspecified atom stereocenters. The number of ketones is 1. The van der Waals surface area contributed by atoms with Crippen LogP contribution in [-0.4, -0.2) is 51.8 Å². The van der Waals surface area contributed by atoms with Gasteiger partial charge in [-0.15, -0.1) is 0 Å². The van der Waals surface area contributed by atoms with Crippen LogP contribution >= 0.6 is 0 Å². The Morgan fingerprint density at radius 3 is 2.57 bits per heavy atom. The zero-order chi connectivity index (χ0) is 25.3. The molecule has 1 saturated carbocycles. The zero-order valence-electron chi connectivity index (χ0n) is 20.2. The smallest absolute Gasteiger partial charge is 0.326 e. The molecule has 1 spiro atoms. The summed E-state index contributed by atoms with van der Waals surface area (Å²) in [6, 6.07) is 7.27.